The largest absolute Gasteiger partial charge is 0.497 e. The Hall–Kier alpha value is -2.47. The standard InChI is InChI=1S/C20H23NO4S/c1-14-6-4-5-7-18(14)26-13-19(22)25-15(2)20(23)21-12-16-8-10-17(24-3)11-9-16/h4-11,15H,12-13H2,1-3H3,(H,21,23)/t15-/m0/s1. The molecule has 0 saturated heterocycles. The van der Waals surface area contributed by atoms with Gasteiger partial charge in [0, 0.05) is 11.4 Å². The Labute approximate surface area is 158 Å². The first-order valence-electron chi connectivity index (χ1n) is 8.28. The van der Waals surface area contributed by atoms with Crippen molar-refractivity contribution in [3.05, 3.63) is 59.7 Å². The Morgan fingerprint density at radius 2 is 1.81 bits per heavy atom. The Morgan fingerprint density at radius 1 is 1.12 bits per heavy atom. The van der Waals surface area contributed by atoms with Crippen LogP contribution in [0.15, 0.2) is 53.4 Å². The van der Waals surface area contributed by atoms with E-state index < -0.39 is 12.1 Å². The molecule has 0 aliphatic carbocycles. The number of carbonyl (C=O) groups excluding carboxylic acids is 2. The zero-order chi connectivity index (χ0) is 18.9. The SMILES string of the molecule is COc1ccc(CNC(=O)[C@H](C)OC(=O)CSc2ccccc2C)cc1. The fourth-order valence-corrected chi connectivity index (χ4v) is 3.03. The van der Waals surface area contributed by atoms with Crippen LogP contribution in [0.25, 0.3) is 0 Å². The summed E-state index contributed by atoms with van der Waals surface area (Å²) in [6.45, 7) is 3.92. The molecular formula is C20H23NO4S. The van der Waals surface area contributed by atoms with Gasteiger partial charge in [0.15, 0.2) is 6.10 Å². The van der Waals surface area contributed by atoms with Gasteiger partial charge in [0.1, 0.15) is 5.75 Å². The third-order valence-electron chi connectivity index (χ3n) is 3.74. The van der Waals surface area contributed by atoms with E-state index in [4.69, 9.17) is 9.47 Å². The fourth-order valence-electron chi connectivity index (χ4n) is 2.22. The summed E-state index contributed by atoms with van der Waals surface area (Å²) in [6, 6.07) is 15.2. The van der Waals surface area contributed by atoms with E-state index in [0.717, 1.165) is 21.8 Å². The Morgan fingerprint density at radius 3 is 2.46 bits per heavy atom. The number of esters is 1. The number of thioether (sulfide) groups is 1. The van der Waals surface area contributed by atoms with Gasteiger partial charge in [0.05, 0.1) is 12.9 Å². The molecule has 2 rings (SSSR count). The molecule has 0 radical (unpaired) electrons. The quantitative estimate of drug-likeness (QED) is 0.568. The first-order valence-corrected chi connectivity index (χ1v) is 9.26. The van der Waals surface area contributed by atoms with E-state index in [1.165, 1.54) is 11.8 Å². The van der Waals surface area contributed by atoms with Crippen molar-refractivity contribution in [2.24, 2.45) is 0 Å². The van der Waals surface area contributed by atoms with Crippen molar-refractivity contribution in [1.29, 1.82) is 0 Å². The third kappa shape index (κ3) is 6.11. The van der Waals surface area contributed by atoms with Crippen molar-refractivity contribution >= 4 is 23.6 Å². The molecule has 1 N–H and O–H groups in total. The molecule has 6 heteroatoms. The number of carbonyl (C=O) groups is 2. The lowest BCUT2D eigenvalue weighted by atomic mass is 10.2. The van der Waals surface area contributed by atoms with Crippen molar-refractivity contribution in [2.45, 2.75) is 31.4 Å². The first kappa shape index (κ1) is 19.8. The minimum absolute atomic E-state index is 0.168. The average molecular weight is 373 g/mol. The highest BCUT2D eigenvalue weighted by molar-refractivity contribution is 8.00. The zero-order valence-corrected chi connectivity index (χ0v) is 16.0. The van der Waals surface area contributed by atoms with Gasteiger partial charge in [-0.05, 0) is 43.2 Å². The normalized spacial score (nSPS) is 11.5. The highest BCUT2D eigenvalue weighted by Crippen LogP contribution is 2.21. The minimum Gasteiger partial charge on any atom is -0.497 e. The summed E-state index contributed by atoms with van der Waals surface area (Å²) in [4.78, 5) is 25.1. The van der Waals surface area contributed by atoms with Gasteiger partial charge in [-0.3, -0.25) is 9.59 Å². The van der Waals surface area contributed by atoms with Gasteiger partial charge in [-0.1, -0.05) is 30.3 Å². The summed E-state index contributed by atoms with van der Waals surface area (Å²) in [5, 5.41) is 2.76. The maximum Gasteiger partial charge on any atom is 0.317 e. The molecule has 2 aromatic carbocycles. The minimum atomic E-state index is -0.835. The van der Waals surface area contributed by atoms with Gasteiger partial charge in [0.25, 0.3) is 5.91 Å². The Bertz CT molecular complexity index is 746. The van der Waals surface area contributed by atoms with E-state index >= 15 is 0 Å². The summed E-state index contributed by atoms with van der Waals surface area (Å²) >= 11 is 1.40. The van der Waals surface area contributed by atoms with Gasteiger partial charge in [-0.25, -0.2) is 0 Å². The molecule has 0 bridgehead atoms. The van der Waals surface area contributed by atoms with Crippen LogP contribution >= 0.6 is 11.8 Å². The molecule has 0 spiro atoms. The van der Waals surface area contributed by atoms with E-state index in [-0.39, 0.29) is 11.7 Å². The van der Waals surface area contributed by atoms with Crippen molar-refractivity contribution < 1.29 is 19.1 Å². The highest BCUT2D eigenvalue weighted by atomic mass is 32.2. The van der Waals surface area contributed by atoms with Crippen LogP contribution in [-0.4, -0.2) is 30.8 Å². The van der Waals surface area contributed by atoms with Crippen LogP contribution in [0.1, 0.15) is 18.1 Å². The van der Waals surface area contributed by atoms with Crippen LogP contribution < -0.4 is 10.1 Å². The second-order valence-corrected chi connectivity index (χ2v) is 6.77. The molecule has 0 aliphatic rings. The second-order valence-electron chi connectivity index (χ2n) is 5.75. The molecule has 0 heterocycles. The summed E-state index contributed by atoms with van der Waals surface area (Å²) in [5.41, 5.74) is 2.04. The molecule has 0 fully saturated rings. The molecule has 0 aromatic heterocycles. The van der Waals surface area contributed by atoms with Crippen molar-refractivity contribution in [3.8, 4) is 5.75 Å². The van der Waals surface area contributed by atoms with E-state index in [9.17, 15) is 9.59 Å². The number of aryl methyl sites for hydroxylation is 1. The fraction of sp³-hybridized carbons (Fsp3) is 0.300. The van der Waals surface area contributed by atoms with Crippen LogP contribution in [0.2, 0.25) is 0 Å². The first-order chi connectivity index (χ1) is 12.5. The number of hydrogen-bond donors (Lipinski definition) is 1. The second kappa shape index (κ2) is 9.87. The number of hydrogen-bond acceptors (Lipinski definition) is 5. The molecule has 138 valence electrons. The summed E-state index contributed by atoms with van der Waals surface area (Å²) in [6.07, 6.45) is -0.835. The number of nitrogens with one attached hydrogen (secondary N) is 1. The Kier molecular flexibility index (Phi) is 7.53. The lowest BCUT2D eigenvalue weighted by Crippen LogP contribution is -2.35. The van der Waals surface area contributed by atoms with E-state index in [0.29, 0.717) is 6.54 Å². The van der Waals surface area contributed by atoms with E-state index in [2.05, 4.69) is 5.32 Å². The van der Waals surface area contributed by atoms with Crippen LogP contribution in [0.5, 0.6) is 5.75 Å². The molecular weight excluding hydrogens is 350 g/mol. The number of methoxy groups -OCH3 is 1. The van der Waals surface area contributed by atoms with Crippen LogP contribution in [-0.2, 0) is 20.9 Å². The predicted molar refractivity (Wildman–Crippen MR) is 102 cm³/mol. The van der Waals surface area contributed by atoms with Gasteiger partial charge < -0.3 is 14.8 Å². The molecule has 2 aromatic rings. The summed E-state index contributed by atoms with van der Waals surface area (Å²) < 4.78 is 10.3. The topological polar surface area (TPSA) is 64.6 Å². The molecule has 0 saturated carbocycles. The van der Waals surface area contributed by atoms with Crippen LogP contribution in [0, 0.1) is 6.92 Å². The number of benzene rings is 2. The predicted octanol–water partition coefficient (Wildman–Crippen LogP) is 3.34. The molecule has 5 nitrogen and oxygen atoms in total. The number of amides is 1. The lowest BCUT2D eigenvalue weighted by molar-refractivity contribution is -0.152. The molecule has 0 aliphatic heterocycles. The maximum absolute atomic E-state index is 12.1. The zero-order valence-electron chi connectivity index (χ0n) is 15.2. The van der Waals surface area contributed by atoms with Crippen molar-refractivity contribution in [2.75, 3.05) is 12.9 Å². The van der Waals surface area contributed by atoms with Gasteiger partial charge >= 0.3 is 5.97 Å². The monoisotopic (exact) mass is 373 g/mol. The maximum atomic E-state index is 12.1. The number of ether oxygens (including phenoxy) is 2. The van der Waals surface area contributed by atoms with Crippen molar-refractivity contribution in [3.63, 3.8) is 0 Å². The summed E-state index contributed by atoms with van der Waals surface area (Å²) in [5.74, 6) is 0.190. The molecule has 0 unspecified atom stereocenters. The molecule has 1 atom stereocenters. The molecule has 1 amide bonds. The van der Waals surface area contributed by atoms with E-state index in [1.807, 2.05) is 55.5 Å². The average Bonchev–Trinajstić information content (AvgIpc) is 2.65. The third-order valence-corrected chi connectivity index (χ3v) is 4.89. The van der Waals surface area contributed by atoms with Crippen LogP contribution in [0.3, 0.4) is 0 Å². The van der Waals surface area contributed by atoms with E-state index in [1.54, 1.807) is 14.0 Å². The van der Waals surface area contributed by atoms with Gasteiger partial charge in [0.2, 0.25) is 0 Å². The smallest absolute Gasteiger partial charge is 0.317 e. The van der Waals surface area contributed by atoms with Crippen molar-refractivity contribution in [1.82, 2.24) is 5.32 Å². The lowest BCUT2D eigenvalue weighted by Gasteiger charge is -2.14. The number of rotatable bonds is 8. The summed E-state index contributed by atoms with van der Waals surface area (Å²) in [7, 11) is 1.60. The molecule has 26 heavy (non-hydrogen) atoms. The highest BCUT2D eigenvalue weighted by Gasteiger charge is 2.17. The van der Waals surface area contributed by atoms with Gasteiger partial charge in [-0.15, -0.1) is 11.8 Å². The Balaban J connectivity index is 1.75. The van der Waals surface area contributed by atoms with Gasteiger partial charge in [-0.2, -0.15) is 0 Å². The van der Waals surface area contributed by atoms with Crippen LogP contribution in [0.4, 0.5) is 0 Å².